The van der Waals surface area contributed by atoms with Gasteiger partial charge in [-0.1, -0.05) is 11.6 Å². The van der Waals surface area contributed by atoms with Crippen LogP contribution in [0.5, 0.6) is 0 Å². The van der Waals surface area contributed by atoms with E-state index in [0.717, 1.165) is 17.6 Å². The summed E-state index contributed by atoms with van der Waals surface area (Å²) in [4.78, 5) is 10.1. The Balaban J connectivity index is 2.44. The van der Waals surface area contributed by atoms with E-state index in [9.17, 15) is 18.5 Å². The van der Waals surface area contributed by atoms with Crippen molar-refractivity contribution in [3.63, 3.8) is 0 Å². The lowest BCUT2D eigenvalue weighted by molar-refractivity contribution is -0.384. The van der Waals surface area contributed by atoms with E-state index >= 15 is 0 Å². The van der Waals surface area contributed by atoms with Crippen LogP contribution in [0.2, 0.25) is 5.02 Å². The number of hydrogen-bond acceptors (Lipinski definition) is 5. The van der Waals surface area contributed by atoms with E-state index in [2.05, 4.69) is 0 Å². The van der Waals surface area contributed by atoms with Crippen molar-refractivity contribution >= 4 is 39.1 Å². The first kappa shape index (κ1) is 15.6. The maximum absolute atomic E-state index is 12.5. The summed E-state index contributed by atoms with van der Waals surface area (Å²) in [5.41, 5.74) is -0.397. The standard InChI is InChI=1S/C11H13ClN2O4S2/c1-8-7-19-5-4-13(8)20(17,18)9-2-3-10(12)11(6-9)14(15)16/h2-3,6,8H,4-5,7H2,1H3. The minimum absolute atomic E-state index is 0.0730. The first-order valence-corrected chi connectivity index (χ1v) is 8.85. The van der Waals surface area contributed by atoms with Gasteiger partial charge in [-0.25, -0.2) is 8.42 Å². The molecule has 0 amide bonds. The number of benzene rings is 1. The Morgan fingerprint density at radius 1 is 1.50 bits per heavy atom. The molecule has 1 heterocycles. The van der Waals surface area contributed by atoms with Gasteiger partial charge in [0.05, 0.1) is 9.82 Å². The summed E-state index contributed by atoms with van der Waals surface area (Å²) in [6.45, 7) is 2.23. The quantitative estimate of drug-likeness (QED) is 0.625. The highest BCUT2D eigenvalue weighted by molar-refractivity contribution is 7.99. The molecule has 1 atom stereocenters. The number of thioether (sulfide) groups is 1. The van der Waals surface area contributed by atoms with Gasteiger partial charge in [0.25, 0.3) is 5.69 Å². The third kappa shape index (κ3) is 2.93. The molecule has 0 radical (unpaired) electrons. The Kier molecular flexibility index (Phi) is 4.58. The zero-order valence-electron chi connectivity index (χ0n) is 10.7. The van der Waals surface area contributed by atoms with Gasteiger partial charge in [-0.05, 0) is 19.1 Å². The molecule has 6 nitrogen and oxygen atoms in total. The van der Waals surface area contributed by atoms with Crippen molar-refractivity contribution in [1.29, 1.82) is 0 Å². The zero-order valence-corrected chi connectivity index (χ0v) is 13.0. The van der Waals surface area contributed by atoms with Gasteiger partial charge in [-0.15, -0.1) is 0 Å². The fraction of sp³-hybridized carbons (Fsp3) is 0.455. The average Bonchev–Trinajstić information content (AvgIpc) is 2.38. The molecule has 0 saturated carbocycles. The summed E-state index contributed by atoms with van der Waals surface area (Å²) in [5.74, 6) is 1.44. The van der Waals surface area contributed by atoms with Crippen LogP contribution in [0.1, 0.15) is 6.92 Å². The zero-order chi connectivity index (χ0) is 14.9. The molecular weight excluding hydrogens is 324 g/mol. The molecule has 9 heteroatoms. The molecule has 1 fully saturated rings. The van der Waals surface area contributed by atoms with Crippen molar-refractivity contribution in [3.8, 4) is 0 Å². The first-order chi connectivity index (χ1) is 9.34. The lowest BCUT2D eigenvalue weighted by atomic mass is 10.3. The molecule has 20 heavy (non-hydrogen) atoms. The van der Waals surface area contributed by atoms with E-state index in [4.69, 9.17) is 11.6 Å². The minimum atomic E-state index is -3.73. The third-order valence-corrected chi connectivity index (χ3v) is 6.55. The number of halogens is 1. The van der Waals surface area contributed by atoms with Gasteiger partial charge >= 0.3 is 0 Å². The molecule has 0 bridgehead atoms. The van der Waals surface area contributed by atoms with Crippen LogP contribution in [0.25, 0.3) is 0 Å². The lowest BCUT2D eigenvalue weighted by Gasteiger charge is -2.31. The Bertz CT molecular complexity index is 635. The highest BCUT2D eigenvalue weighted by atomic mass is 35.5. The predicted molar refractivity (Wildman–Crippen MR) is 78.8 cm³/mol. The van der Waals surface area contributed by atoms with E-state index in [1.54, 1.807) is 11.8 Å². The molecule has 0 aromatic heterocycles. The molecule has 0 aliphatic carbocycles. The monoisotopic (exact) mass is 336 g/mol. The van der Waals surface area contributed by atoms with Gasteiger partial charge in [0, 0.05) is 30.2 Å². The van der Waals surface area contributed by atoms with Crippen molar-refractivity contribution < 1.29 is 13.3 Å². The molecule has 0 spiro atoms. The third-order valence-electron chi connectivity index (χ3n) is 3.03. The van der Waals surface area contributed by atoms with Crippen LogP contribution >= 0.6 is 23.4 Å². The van der Waals surface area contributed by atoms with Gasteiger partial charge in [0.15, 0.2) is 0 Å². The summed E-state index contributed by atoms with van der Waals surface area (Å²) in [7, 11) is -3.73. The van der Waals surface area contributed by atoms with Crippen molar-refractivity contribution in [2.45, 2.75) is 17.9 Å². The van der Waals surface area contributed by atoms with Crippen molar-refractivity contribution in [3.05, 3.63) is 33.3 Å². The number of nitro benzene ring substituents is 1. The Hall–Kier alpha value is -0.830. The molecule has 0 N–H and O–H groups in total. The smallest absolute Gasteiger partial charge is 0.258 e. The molecule has 1 aliphatic heterocycles. The van der Waals surface area contributed by atoms with E-state index in [1.165, 1.54) is 16.4 Å². The van der Waals surface area contributed by atoms with Gasteiger partial charge in [0.2, 0.25) is 10.0 Å². The van der Waals surface area contributed by atoms with E-state index in [1.807, 2.05) is 6.92 Å². The second-order valence-electron chi connectivity index (χ2n) is 4.41. The highest BCUT2D eigenvalue weighted by Crippen LogP contribution is 2.30. The molecule has 1 aromatic carbocycles. The van der Waals surface area contributed by atoms with Crippen LogP contribution in [0.3, 0.4) is 0 Å². The SMILES string of the molecule is CC1CSCCN1S(=O)(=O)c1ccc(Cl)c([N+](=O)[O-])c1. The Labute approximate surface area is 126 Å². The van der Waals surface area contributed by atoms with Gasteiger partial charge in [-0.3, -0.25) is 10.1 Å². The maximum atomic E-state index is 12.5. The van der Waals surface area contributed by atoms with E-state index < -0.39 is 20.6 Å². The second-order valence-corrected chi connectivity index (χ2v) is 7.86. The predicted octanol–water partition coefficient (Wildman–Crippen LogP) is 2.37. The van der Waals surface area contributed by atoms with E-state index in [0.29, 0.717) is 6.54 Å². The lowest BCUT2D eigenvalue weighted by Crippen LogP contribution is -2.44. The van der Waals surface area contributed by atoms with Crippen LogP contribution in [0.4, 0.5) is 5.69 Å². The summed E-state index contributed by atoms with van der Waals surface area (Å²) < 4.78 is 26.5. The Morgan fingerprint density at radius 3 is 2.80 bits per heavy atom. The summed E-state index contributed by atoms with van der Waals surface area (Å²) in [5, 5.41) is 10.8. The van der Waals surface area contributed by atoms with Gasteiger partial charge in [-0.2, -0.15) is 16.1 Å². The highest BCUT2D eigenvalue weighted by Gasteiger charge is 2.32. The molecule has 110 valence electrons. The molecular formula is C11H13ClN2O4S2. The van der Waals surface area contributed by atoms with Crippen LogP contribution in [-0.2, 0) is 10.0 Å². The average molecular weight is 337 g/mol. The minimum Gasteiger partial charge on any atom is -0.258 e. The topological polar surface area (TPSA) is 80.5 Å². The van der Waals surface area contributed by atoms with Crippen LogP contribution in [-0.4, -0.2) is 41.7 Å². The molecule has 1 aromatic rings. The largest absolute Gasteiger partial charge is 0.289 e. The van der Waals surface area contributed by atoms with Crippen LogP contribution in [0, 0.1) is 10.1 Å². The van der Waals surface area contributed by atoms with Crippen molar-refractivity contribution in [2.24, 2.45) is 0 Å². The number of rotatable bonds is 3. The maximum Gasteiger partial charge on any atom is 0.289 e. The summed E-state index contributed by atoms with van der Waals surface area (Å²) >= 11 is 7.40. The normalized spacial score (nSPS) is 20.8. The fourth-order valence-electron chi connectivity index (χ4n) is 2.00. The van der Waals surface area contributed by atoms with E-state index in [-0.39, 0.29) is 16.0 Å². The van der Waals surface area contributed by atoms with Gasteiger partial charge in [0.1, 0.15) is 5.02 Å². The molecule has 1 aliphatic rings. The fourth-order valence-corrected chi connectivity index (χ4v) is 5.06. The summed E-state index contributed by atoms with van der Waals surface area (Å²) in [6.07, 6.45) is 0. The number of nitrogens with zero attached hydrogens (tertiary/aromatic N) is 2. The molecule has 2 rings (SSSR count). The van der Waals surface area contributed by atoms with Gasteiger partial charge < -0.3 is 0 Å². The number of hydrogen-bond donors (Lipinski definition) is 0. The van der Waals surface area contributed by atoms with Crippen LogP contribution in [0.15, 0.2) is 23.1 Å². The number of sulfonamides is 1. The molecule has 1 saturated heterocycles. The van der Waals surface area contributed by atoms with Crippen LogP contribution < -0.4 is 0 Å². The summed E-state index contributed by atoms with van der Waals surface area (Å²) in [6, 6.07) is 3.44. The number of nitro groups is 1. The van der Waals surface area contributed by atoms with Crippen molar-refractivity contribution in [1.82, 2.24) is 4.31 Å². The second kappa shape index (κ2) is 5.88. The molecule has 1 unspecified atom stereocenters. The van der Waals surface area contributed by atoms with Crippen molar-refractivity contribution in [2.75, 3.05) is 18.1 Å². The first-order valence-electron chi connectivity index (χ1n) is 5.87. The Morgan fingerprint density at radius 2 is 2.20 bits per heavy atom.